The van der Waals surface area contributed by atoms with E-state index in [-0.39, 0.29) is 23.1 Å². The molecular formula is C13H18N2O4S. The Morgan fingerprint density at radius 1 is 1.45 bits per heavy atom. The van der Waals surface area contributed by atoms with E-state index in [9.17, 15) is 14.4 Å². The van der Waals surface area contributed by atoms with Crippen LogP contribution in [0.3, 0.4) is 0 Å². The van der Waals surface area contributed by atoms with Crippen molar-refractivity contribution in [3.05, 3.63) is 20.7 Å². The maximum atomic E-state index is 11.8. The summed E-state index contributed by atoms with van der Waals surface area (Å²) in [5, 5.41) is 10.5. The number of nitrogens with zero attached hydrogens (tertiary/aromatic N) is 2. The quantitative estimate of drug-likeness (QED) is 0.847. The van der Waals surface area contributed by atoms with Gasteiger partial charge in [0.2, 0.25) is 5.91 Å². The molecule has 0 bridgehead atoms. The van der Waals surface area contributed by atoms with Gasteiger partial charge in [-0.2, -0.15) is 0 Å². The second-order valence-corrected chi connectivity index (χ2v) is 5.98. The second-order valence-electron chi connectivity index (χ2n) is 5.16. The monoisotopic (exact) mass is 298 g/mol. The van der Waals surface area contributed by atoms with Gasteiger partial charge in [-0.15, -0.1) is 0 Å². The molecule has 6 nitrogen and oxygen atoms in total. The van der Waals surface area contributed by atoms with Gasteiger partial charge in [0.15, 0.2) is 0 Å². The van der Waals surface area contributed by atoms with Crippen LogP contribution in [0.5, 0.6) is 0 Å². The van der Waals surface area contributed by atoms with Gasteiger partial charge in [0.1, 0.15) is 0 Å². The molecule has 1 fully saturated rings. The maximum absolute atomic E-state index is 11.8. The van der Waals surface area contributed by atoms with E-state index < -0.39 is 5.97 Å². The molecule has 0 saturated carbocycles. The largest absolute Gasteiger partial charge is 0.481 e. The van der Waals surface area contributed by atoms with Crippen LogP contribution in [0.4, 0.5) is 0 Å². The van der Waals surface area contributed by atoms with Crippen molar-refractivity contribution in [2.24, 2.45) is 5.92 Å². The number of thiazole rings is 1. The Morgan fingerprint density at radius 2 is 2.15 bits per heavy atom. The van der Waals surface area contributed by atoms with E-state index in [1.807, 2.05) is 12.3 Å². The van der Waals surface area contributed by atoms with Crippen LogP contribution in [0.2, 0.25) is 0 Å². The first kappa shape index (κ1) is 14.8. The minimum absolute atomic E-state index is 0.0143. The fourth-order valence-electron chi connectivity index (χ4n) is 2.37. The first-order valence-electron chi connectivity index (χ1n) is 6.62. The van der Waals surface area contributed by atoms with Crippen molar-refractivity contribution in [3.63, 3.8) is 0 Å². The molecule has 1 saturated heterocycles. The van der Waals surface area contributed by atoms with E-state index in [0.717, 1.165) is 5.69 Å². The number of carboxylic acid groups (broad SMARTS) is 1. The Labute approximate surface area is 120 Å². The molecule has 0 unspecified atom stereocenters. The van der Waals surface area contributed by atoms with Gasteiger partial charge in [0, 0.05) is 43.0 Å². The third-order valence-electron chi connectivity index (χ3n) is 3.52. The van der Waals surface area contributed by atoms with Gasteiger partial charge >= 0.3 is 10.8 Å². The molecule has 1 aliphatic rings. The molecule has 1 aromatic heterocycles. The molecule has 1 aromatic rings. The highest BCUT2D eigenvalue weighted by molar-refractivity contribution is 7.07. The zero-order valence-electron chi connectivity index (χ0n) is 11.4. The molecule has 0 radical (unpaired) electrons. The summed E-state index contributed by atoms with van der Waals surface area (Å²) >= 11 is 1.17. The number of carbonyl (C=O) groups excluding carboxylic acids is 1. The van der Waals surface area contributed by atoms with E-state index in [1.165, 1.54) is 11.3 Å². The van der Waals surface area contributed by atoms with Crippen molar-refractivity contribution in [2.75, 3.05) is 13.1 Å². The molecule has 7 heteroatoms. The SMILES string of the molecule is Cc1csc(=O)n1CCCC(=O)N1CC(CC(=O)O)C1. The number of carboxylic acids is 1. The molecule has 0 aliphatic carbocycles. The number of aromatic nitrogens is 1. The number of rotatable bonds is 6. The molecule has 1 amide bonds. The Hall–Kier alpha value is -1.63. The van der Waals surface area contributed by atoms with Crippen LogP contribution in [0.25, 0.3) is 0 Å². The highest BCUT2D eigenvalue weighted by Gasteiger charge is 2.31. The van der Waals surface area contributed by atoms with Crippen LogP contribution < -0.4 is 4.87 Å². The second kappa shape index (κ2) is 6.21. The summed E-state index contributed by atoms with van der Waals surface area (Å²) in [7, 11) is 0. The topological polar surface area (TPSA) is 79.6 Å². The summed E-state index contributed by atoms with van der Waals surface area (Å²) in [6.07, 6.45) is 1.17. The fourth-order valence-corrected chi connectivity index (χ4v) is 3.13. The van der Waals surface area contributed by atoms with Crippen molar-refractivity contribution in [1.82, 2.24) is 9.47 Å². The zero-order valence-corrected chi connectivity index (χ0v) is 12.2. The van der Waals surface area contributed by atoms with Crippen molar-refractivity contribution in [3.8, 4) is 0 Å². The molecule has 0 atom stereocenters. The minimum atomic E-state index is -0.811. The molecule has 2 heterocycles. The smallest absolute Gasteiger partial charge is 0.307 e. The first-order chi connectivity index (χ1) is 9.47. The molecule has 1 N–H and O–H groups in total. The lowest BCUT2D eigenvalue weighted by molar-refractivity contribution is -0.145. The number of likely N-dealkylation sites (tertiary alicyclic amines) is 1. The lowest BCUT2D eigenvalue weighted by Gasteiger charge is -2.38. The van der Waals surface area contributed by atoms with E-state index >= 15 is 0 Å². The predicted molar refractivity (Wildman–Crippen MR) is 74.9 cm³/mol. The lowest BCUT2D eigenvalue weighted by atomic mass is 9.96. The van der Waals surface area contributed by atoms with Crippen molar-refractivity contribution in [2.45, 2.75) is 32.7 Å². The molecule has 1 aliphatic heterocycles. The summed E-state index contributed by atoms with van der Waals surface area (Å²) in [5.41, 5.74) is 0.929. The summed E-state index contributed by atoms with van der Waals surface area (Å²) in [6, 6.07) is 0. The number of amides is 1. The van der Waals surface area contributed by atoms with E-state index in [0.29, 0.717) is 32.5 Å². The summed E-state index contributed by atoms with van der Waals surface area (Å²) in [5.74, 6) is -0.667. The third-order valence-corrected chi connectivity index (χ3v) is 4.40. The van der Waals surface area contributed by atoms with Crippen molar-refractivity contribution < 1.29 is 14.7 Å². The highest BCUT2D eigenvalue weighted by atomic mass is 32.1. The van der Waals surface area contributed by atoms with Crippen LogP contribution in [0, 0.1) is 12.8 Å². The van der Waals surface area contributed by atoms with Crippen LogP contribution in [-0.2, 0) is 16.1 Å². The molecule has 20 heavy (non-hydrogen) atoms. The van der Waals surface area contributed by atoms with Crippen LogP contribution in [0.1, 0.15) is 25.0 Å². The van der Waals surface area contributed by atoms with Gasteiger partial charge in [0.05, 0.1) is 6.42 Å². The van der Waals surface area contributed by atoms with Crippen molar-refractivity contribution >= 4 is 23.2 Å². The van der Waals surface area contributed by atoms with E-state index in [1.54, 1.807) is 9.47 Å². The predicted octanol–water partition coefficient (Wildman–Crippen LogP) is 0.932. The molecule has 0 aromatic carbocycles. The van der Waals surface area contributed by atoms with Crippen LogP contribution in [-0.4, -0.2) is 39.5 Å². The average Bonchev–Trinajstić information content (AvgIpc) is 2.64. The molecule has 0 spiro atoms. The number of carbonyl (C=O) groups is 2. The average molecular weight is 298 g/mol. The van der Waals surface area contributed by atoms with Gasteiger partial charge in [-0.1, -0.05) is 11.3 Å². The number of aliphatic carboxylic acids is 1. The van der Waals surface area contributed by atoms with Gasteiger partial charge < -0.3 is 14.6 Å². The first-order valence-corrected chi connectivity index (χ1v) is 7.50. The summed E-state index contributed by atoms with van der Waals surface area (Å²) in [4.78, 5) is 35.6. The van der Waals surface area contributed by atoms with Gasteiger partial charge in [-0.3, -0.25) is 14.4 Å². The fraction of sp³-hybridized carbons (Fsp3) is 0.615. The molecule has 2 rings (SSSR count). The normalized spacial score (nSPS) is 15.2. The summed E-state index contributed by atoms with van der Waals surface area (Å²) in [6.45, 7) is 3.53. The number of hydrogen-bond donors (Lipinski definition) is 1. The van der Waals surface area contributed by atoms with Gasteiger partial charge in [0.25, 0.3) is 0 Å². The number of hydrogen-bond acceptors (Lipinski definition) is 4. The summed E-state index contributed by atoms with van der Waals surface area (Å²) < 4.78 is 1.68. The van der Waals surface area contributed by atoms with Gasteiger partial charge in [-0.05, 0) is 13.3 Å². The number of aryl methyl sites for hydroxylation is 1. The molecule has 110 valence electrons. The lowest BCUT2D eigenvalue weighted by Crippen LogP contribution is -2.50. The Bertz CT molecular complexity index is 557. The zero-order chi connectivity index (χ0) is 14.7. The standard InChI is InChI=1S/C13H18N2O4S/c1-9-8-20-13(19)15(9)4-2-3-11(16)14-6-10(7-14)5-12(17)18/h8,10H,2-7H2,1H3,(H,17,18). The maximum Gasteiger partial charge on any atom is 0.307 e. The minimum Gasteiger partial charge on any atom is -0.481 e. The van der Waals surface area contributed by atoms with E-state index in [4.69, 9.17) is 5.11 Å². The molecular weight excluding hydrogens is 280 g/mol. The van der Waals surface area contributed by atoms with E-state index in [2.05, 4.69) is 0 Å². The highest BCUT2D eigenvalue weighted by Crippen LogP contribution is 2.20. The van der Waals surface area contributed by atoms with Gasteiger partial charge in [-0.25, -0.2) is 0 Å². The third kappa shape index (κ3) is 3.47. The Morgan fingerprint density at radius 3 is 2.70 bits per heavy atom. The van der Waals surface area contributed by atoms with Crippen molar-refractivity contribution in [1.29, 1.82) is 0 Å². The Balaban J connectivity index is 1.69. The van der Waals surface area contributed by atoms with Crippen LogP contribution in [0.15, 0.2) is 10.2 Å². The van der Waals surface area contributed by atoms with Crippen LogP contribution >= 0.6 is 11.3 Å². The Kier molecular flexibility index (Phi) is 4.59.